The average Bonchev–Trinajstić information content (AvgIpc) is 2.77. The first-order valence-electron chi connectivity index (χ1n) is 9.82. The van der Waals surface area contributed by atoms with E-state index in [0.717, 1.165) is 9.87 Å². The van der Waals surface area contributed by atoms with Crippen LogP contribution in [-0.4, -0.2) is 27.5 Å². The standard InChI is InChI=1S/C23H22Cl2N2O4S/c1-2-31-21-8-3-5-17(13-21)15-26-23(28)16-27(20-7-4-6-19(25)14-20)32(29,30)22-11-9-18(24)10-12-22/h3-14H,2,15-16H2,1H3,(H,26,28). The van der Waals surface area contributed by atoms with Gasteiger partial charge in [-0.05, 0) is 67.1 Å². The van der Waals surface area contributed by atoms with Gasteiger partial charge in [-0.3, -0.25) is 9.10 Å². The lowest BCUT2D eigenvalue weighted by molar-refractivity contribution is -0.119. The molecular formula is C23H22Cl2N2O4S. The SMILES string of the molecule is CCOc1cccc(CNC(=O)CN(c2cccc(Cl)c2)S(=O)(=O)c2ccc(Cl)cc2)c1. The predicted molar refractivity (Wildman–Crippen MR) is 127 cm³/mol. The molecule has 0 saturated heterocycles. The van der Waals surface area contributed by atoms with Crippen LogP contribution in [0.3, 0.4) is 0 Å². The maximum Gasteiger partial charge on any atom is 0.264 e. The molecule has 1 N–H and O–H groups in total. The Hall–Kier alpha value is -2.74. The van der Waals surface area contributed by atoms with Gasteiger partial charge in [-0.15, -0.1) is 0 Å². The van der Waals surface area contributed by atoms with Crippen LogP contribution in [0.4, 0.5) is 5.69 Å². The fourth-order valence-electron chi connectivity index (χ4n) is 2.98. The number of amides is 1. The molecule has 0 aromatic heterocycles. The van der Waals surface area contributed by atoms with Crippen LogP contribution >= 0.6 is 23.2 Å². The molecule has 0 aliphatic carbocycles. The molecule has 168 valence electrons. The Morgan fingerprint density at radius 1 is 0.969 bits per heavy atom. The largest absolute Gasteiger partial charge is 0.494 e. The van der Waals surface area contributed by atoms with E-state index in [1.54, 1.807) is 18.2 Å². The summed E-state index contributed by atoms with van der Waals surface area (Å²) in [5, 5.41) is 3.52. The van der Waals surface area contributed by atoms with Crippen molar-refractivity contribution in [2.24, 2.45) is 0 Å². The summed E-state index contributed by atoms with van der Waals surface area (Å²) in [6, 6.07) is 19.4. The monoisotopic (exact) mass is 492 g/mol. The van der Waals surface area contributed by atoms with E-state index >= 15 is 0 Å². The van der Waals surface area contributed by atoms with Gasteiger partial charge in [0, 0.05) is 16.6 Å². The van der Waals surface area contributed by atoms with Crippen LogP contribution in [0.5, 0.6) is 5.75 Å². The maximum atomic E-state index is 13.3. The number of hydrogen-bond donors (Lipinski definition) is 1. The number of anilines is 1. The molecule has 32 heavy (non-hydrogen) atoms. The van der Waals surface area contributed by atoms with Crippen molar-refractivity contribution in [3.8, 4) is 5.75 Å². The fraction of sp³-hybridized carbons (Fsp3) is 0.174. The zero-order valence-electron chi connectivity index (χ0n) is 17.3. The van der Waals surface area contributed by atoms with Crippen molar-refractivity contribution >= 4 is 44.8 Å². The van der Waals surface area contributed by atoms with Crippen LogP contribution in [0.1, 0.15) is 12.5 Å². The Kier molecular flexibility index (Phi) is 8.01. The van der Waals surface area contributed by atoms with Crippen LogP contribution in [0.25, 0.3) is 0 Å². The molecule has 0 atom stereocenters. The van der Waals surface area contributed by atoms with E-state index in [1.807, 2.05) is 31.2 Å². The third-order valence-corrected chi connectivity index (χ3v) is 6.76. The van der Waals surface area contributed by atoms with Crippen LogP contribution < -0.4 is 14.4 Å². The van der Waals surface area contributed by atoms with Crippen molar-refractivity contribution < 1.29 is 17.9 Å². The highest BCUT2D eigenvalue weighted by molar-refractivity contribution is 7.92. The molecule has 0 heterocycles. The highest BCUT2D eigenvalue weighted by atomic mass is 35.5. The first-order chi connectivity index (χ1) is 15.3. The van der Waals surface area contributed by atoms with E-state index in [1.165, 1.54) is 30.3 Å². The Balaban J connectivity index is 1.82. The molecule has 1 amide bonds. The maximum absolute atomic E-state index is 13.3. The summed E-state index contributed by atoms with van der Waals surface area (Å²) in [5.74, 6) is 0.231. The Labute approximate surface area is 197 Å². The molecule has 3 rings (SSSR count). The summed E-state index contributed by atoms with van der Waals surface area (Å²) >= 11 is 12.0. The summed E-state index contributed by atoms with van der Waals surface area (Å²) in [7, 11) is -4.04. The normalized spacial score (nSPS) is 11.1. The number of carbonyl (C=O) groups excluding carboxylic acids is 1. The molecule has 3 aromatic rings. The second-order valence-electron chi connectivity index (χ2n) is 6.80. The first-order valence-corrected chi connectivity index (χ1v) is 12.0. The molecule has 0 fully saturated rings. The Morgan fingerprint density at radius 2 is 1.69 bits per heavy atom. The summed E-state index contributed by atoms with van der Waals surface area (Å²) in [5.41, 5.74) is 1.11. The number of sulfonamides is 1. The Morgan fingerprint density at radius 3 is 2.38 bits per heavy atom. The van der Waals surface area contributed by atoms with Gasteiger partial charge < -0.3 is 10.1 Å². The minimum atomic E-state index is -4.04. The summed E-state index contributed by atoms with van der Waals surface area (Å²) in [4.78, 5) is 12.7. The predicted octanol–water partition coefficient (Wildman–Crippen LogP) is 4.90. The minimum absolute atomic E-state index is 0.0130. The molecule has 0 aliphatic heterocycles. The molecule has 0 unspecified atom stereocenters. The van der Waals surface area contributed by atoms with Gasteiger partial charge >= 0.3 is 0 Å². The zero-order chi connectivity index (χ0) is 23.1. The lowest BCUT2D eigenvalue weighted by atomic mass is 10.2. The van der Waals surface area contributed by atoms with Crippen molar-refractivity contribution in [2.75, 3.05) is 17.5 Å². The van der Waals surface area contributed by atoms with Gasteiger partial charge in [0.05, 0.1) is 17.2 Å². The molecule has 6 nitrogen and oxygen atoms in total. The van der Waals surface area contributed by atoms with E-state index in [9.17, 15) is 13.2 Å². The second kappa shape index (κ2) is 10.7. The van der Waals surface area contributed by atoms with E-state index in [4.69, 9.17) is 27.9 Å². The van der Waals surface area contributed by atoms with Gasteiger partial charge in [0.1, 0.15) is 12.3 Å². The van der Waals surface area contributed by atoms with Gasteiger partial charge in [-0.2, -0.15) is 0 Å². The summed E-state index contributed by atoms with van der Waals surface area (Å²) in [6.07, 6.45) is 0. The van der Waals surface area contributed by atoms with E-state index < -0.39 is 22.5 Å². The van der Waals surface area contributed by atoms with E-state index in [2.05, 4.69) is 5.32 Å². The topological polar surface area (TPSA) is 75.7 Å². The number of carbonyl (C=O) groups is 1. The zero-order valence-corrected chi connectivity index (χ0v) is 19.6. The number of rotatable bonds is 9. The molecule has 0 aliphatic rings. The smallest absolute Gasteiger partial charge is 0.264 e. The second-order valence-corrected chi connectivity index (χ2v) is 9.54. The quantitative estimate of drug-likeness (QED) is 0.460. The Bertz CT molecular complexity index is 1180. The highest BCUT2D eigenvalue weighted by Gasteiger charge is 2.27. The molecule has 0 spiro atoms. The van der Waals surface area contributed by atoms with Gasteiger partial charge in [-0.25, -0.2) is 8.42 Å². The lowest BCUT2D eigenvalue weighted by Gasteiger charge is -2.24. The van der Waals surface area contributed by atoms with E-state index in [-0.39, 0.29) is 17.1 Å². The molecule has 3 aromatic carbocycles. The first kappa shape index (κ1) is 23.9. The third kappa shape index (κ3) is 6.16. The van der Waals surface area contributed by atoms with Crippen LogP contribution in [0.15, 0.2) is 77.7 Å². The van der Waals surface area contributed by atoms with Crippen molar-refractivity contribution in [2.45, 2.75) is 18.4 Å². The van der Waals surface area contributed by atoms with Crippen LogP contribution in [-0.2, 0) is 21.4 Å². The summed E-state index contributed by atoms with van der Waals surface area (Å²) in [6.45, 7) is 2.23. The number of nitrogens with zero attached hydrogens (tertiary/aromatic N) is 1. The van der Waals surface area contributed by atoms with Crippen molar-refractivity contribution in [3.63, 3.8) is 0 Å². The van der Waals surface area contributed by atoms with Crippen LogP contribution in [0.2, 0.25) is 10.0 Å². The molecular weight excluding hydrogens is 471 g/mol. The molecule has 0 radical (unpaired) electrons. The van der Waals surface area contributed by atoms with Gasteiger partial charge in [0.2, 0.25) is 5.91 Å². The number of nitrogens with one attached hydrogen (secondary N) is 1. The molecule has 0 bridgehead atoms. The van der Waals surface area contributed by atoms with Crippen molar-refractivity contribution in [3.05, 3.63) is 88.4 Å². The lowest BCUT2D eigenvalue weighted by Crippen LogP contribution is -2.40. The van der Waals surface area contributed by atoms with E-state index in [0.29, 0.717) is 22.4 Å². The van der Waals surface area contributed by atoms with Gasteiger partial charge in [-0.1, -0.05) is 41.4 Å². The molecule has 0 saturated carbocycles. The number of benzene rings is 3. The third-order valence-electron chi connectivity index (χ3n) is 4.48. The number of hydrogen-bond acceptors (Lipinski definition) is 4. The van der Waals surface area contributed by atoms with Gasteiger partial charge in [0.15, 0.2) is 0 Å². The van der Waals surface area contributed by atoms with Crippen molar-refractivity contribution in [1.82, 2.24) is 5.32 Å². The average molecular weight is 493 g/mol. The molecule has 9 heteroatoms. The minimum Gasteiger partial charge on any atom is -0.494 e. The summed E-state index contributed by atoms with van der Waals surface area (Å²) < 4.78 is 33.1. The number of ether oxygens (including phenoxy) is 1. The van der Waals surface area contributed by atoms with Crippen LogP contribution in [0, 0.1) is 0 Å². The van der Waals surface area contributed by atoms with Gasteiger partial charge in [0.25, 0.3) is 10.0 Å². The van der Waals surface area contributed by atoms with Crippen molar-refractivity contribution in [1.29, 1.82) is 0 Å². The fourth-order valence-corrected chi connectivity index (χ4v) is 4.70. The number of halogens is 2. The highest BCUT2D eigenvalue weighted by Crippen LogP contribution is 2.26.